The SMILES string of the molecule is Cc1ccccc1SCC(=O)NCC1(c2ccc(Cl)cc2Cl)CCOCC1. The molecule has 0 spiro atoms. The molecule has 1 saturated heterocycles. The Bertz CT molecular complexity index is 807. The number of hydrogen-bond acceptors (Lipinski definition) is 3. The van der Waals surface area contributed by atoms with Crippen LogP contribution in [0, 0.1) is 6.92 Å². The molecule has 0 aromatic heterocycles. The van der Waals surface area contributed by atoms with Crippen LogP contribution in [0.3, 0.4) is 0 Å². The van der Waals surface area contributed by atoms with Crippen LogP contribution in [0.1, 0.15) is 24.0 Å². The largest absolute Gasteiger partial charge is 0.381 e. The molecule has 1 amide bonds. The maximum atomic E-state index is 12.5. The van der Waals surface area contributed by atoms with Gasteiger partial charge in [-0.1, -0.05) is 47.5 Å². The van der Waals surface area contributed by atoms with Crippen molar-refractivity contribution in [2.24, 2.45) is 0 Å². The highest BCUT2D eigenvalue weighted by molar-refractivity contribution is 8.00. The molecule has 1 heterocycles. The molecule has 0 saturated carbocycles. The van der Waals surface area contributed by atoms with E-state index in [1.165, 1.54) is 5.56 Å². The normalized spacial score (nSPS) is 16.1. The standard InChI is InChI=1S/C21H23Cl2NO2S/c1-15-4-2-3-5-19(15)27-13-20(25)24-14-21(8-10-26-11-9-21)17-7-6-16(22)12-18(17)23/h2-7,12H,8-11,13-14H2,1H3,(H,24,25). The van der Waals surface area contributed by atoms with Crippen molar-refractivity contribution in [3.8, 4) is 0 Å². The fraction of sp³-hybridized carbons (Fsp3) is 0.381. The molecule has 3 rings (SSSR count). The van der Waals surface area contributed by atoms with Crippen molar-refractivity contribution in [3.63, 3.8) is 0 Å². The van der Waals surface area contributed by atoms with Crippen LogP contribution in [0.5, 0.6) is 0 Å². The predicted molar refractivity (Wildman–Crippen MR) is 113 cm³/mol. The summed E-state index contributed by atoms with van der Waals surface area (Å²) in [5.74, 6) is 0.422. The third-order valence-corrected chi connectivity index (χ3v) is 6.75. The van der Waals surface area contributed by atoms with Gasteiger partial charge >= 0.3 is 0 Å². The molecular weight excluding hydrogens is 401 g/mol. The molecule has 1 aliphatic rings. The van der Waals surface area contributed by atoms with E-state index in [0.29, 0.717) is 35.6 Å². The summed E-state index contributed by atoms with van der Waals surface area (Å²) in [5, 5.41) is 4.38. The van der Waals surface area contributed by atoms with Crippen molar-refractivity contribution in [2.75, 3.05) is 25.5 Å². The van der Waals surface area contributed by atoms with E-state index in [1.54, 1.807) is 17.8 Å². The smallest absolute Gasteiger partial charge is 0.230 e. The van der Waals surface area contributed by atoms with Gasteiger partial charge < -0.3 is 10.1 Å². The maximum absolute atomic E-state index is 12.5. The lowest BCUT2D eigenvalue weighted by Crippen LogP contribution is -2.45. The zero-order chi connectivity index (χ0) is 19.3. The second-order valence-corrected chi connectivity index (χ2v) is 8.71. The lowest BCUT2D eigenvalue weighted by Gasteiger charge is -2.38. The van der Waals surface area contributed by atoms with E-state index in [0.717, 1.165) is 23.3 Å². The summed E-state index contributed by atoms with van der Waals surface area (Å²) in [4.78, 5) is 13.6. The highest BCUT2D eigenvalue weighted by Gasteiger charge is 2.36. The number of aryl methyl sites for hydroxylation is 1. The molecule has 1 fully saturated rings. The predicted octanol–water partition coefficient (Wildman–Crippen LogP) is 5.26. The fourth-order valence-corrected chi connectivity index (χ4v) is 4.87. The van der Waals surface area contributed by atoms with Crippen LogP contribution in [0.2, 0.25) is 10.0 Å². The van der Waals surface area contributed by atoms with Gasteiger partial charge in [-0.3, -0.25) is 4.79 Å². The van der Waals surface area contributed by atoms with Crippen LogP contribution >= 0.6 is 35.0 Å². The molecule has 2 aromatic rings. The monoisotopic (exact) mass is 423 g/mol. The molecule has 3 nitrogen and oxygen atoms in total. The molecule has 0 radical (unpaired) electrons. The fourth-order valence-electron chi connectivity index (χ4n) is 3.40. The van der Waals surface area contributed by atoms with Gasteiger partial charge in [0.25, 0.3) is 0 Å². The zero-order valence-electron chi connectivity index (χ0n) is 15.3. The van der Waals surface area contributed by atoms with Crippen LogP contribution in [-0.4, -0.2) is 31.4 Å². The molecule has 6 heteroatoms. The van der Waals surface area contributed by atoms with Crippen molar-refractivity contribution >= 4 is 40.9 Å². The molecular formula is C21H23Cl2NO2S. The number of carbonyl (C=O) groups excluding carboxylic acids is 1. The minimum atomic E-state index is -0.219. The first kappa shape index (κ1) is 20.5. The van der Waals surface area contributed by atoms with Gasteiger partial charge in [0, 0.05) is 40.1 Å². The summed E-state index contributed by atoms with van der Waals surface area (Å²) < 4.78 is 5.55. The third-order valence-electron chi connectivity index (χ3n) is 5.03. The number of hydrogen-bond donors (Lipinski definition) is 1. The van der Waals surface area contributed by atoms with Crippen LogP contribution in [0.25, 0.3) is 0 Å². The average molecular weight is 424 g/mol. The van der Waals surface area contributed by atoms with Crippen LogP contribution in [0.15, 0.2) is 47.4 Å². The van der Waals surface area contributed by atoms with E-state index >= 15 is 0 Å². The summed E-state index contributed by atoms with van der Waals surface area (Å²) in [6.45, 7) is 3.92. The van der Waals surface area contributed by atoms with Gasteiger partial charge in [-0.05, 0) is 49.1 Å². The number of amides is 1. The van der Waals surface area contributed by atoms with Gasteiger partial charge in [0.1, 0.15) is 0 Å². The van der Waals surface area contributed by atoms with Crippen molar-refractivity contribution < 1.29 is 9.53 Å². The topological polar surface area (TPSA) is 38.3 Å². The molecule has 0 unspecified atom stereocenters. The van der Waals surface area contributed by atoms with Gasteiger partial charge in [0.15, 0.2) is 0 Å². The Morgan fingerprint density at radius 1 is 1.19 bits per heavy atom. The Labute approximate surface area is 174 Å². The molecule has 1 aliphatic heterocycles. The Morgan fingerprint density at radius 3 is 2.63 bits per heavy atom. The summed E-state index contributed by atoms with van der Waals surface area (Å²) in [7, 11) is 0. The molecule has 0 bridgehead atoms. The molecule has 0 atom stereocenters. The summed E-state index contributed by atoms with van der Waals surface area (Å²) in [6, 6.07) is 13.7. The second-order valence-electron chi connectivity index (χ2n) is 6.85. The Balaban J connectivity index is 1.66. The maximum Gasteiger partial charge on any atom is 0.230 e. The van der Waals surface area contributed by atoms with Gasteiger partial charge in [-0.25, -0.2) is 0 Å². The number of rotatable bonds is 6. The minimum absolute atomic E-state index is 0.0270. The lowest BCUT2D eigenvalue weighted by atomic mass is 9.74. The number of benzene rings is 2. The van der Waals surface area contributed by atoms with Gasteiger partial charge in [0.2, 0.25) is 5.91 Å². The van der Waals surface area contributed by atoms with Crippen LogP contribution in [-0.2, 0) is 14.9 Å². The second kappa shape index (κ2) is 9.33. The van der Waals surface area contributed by atoms with E-state index in [9.17, 15) is 4.79 Å². The summed E-state index contributed by atoms with van der Waals surface area (Å²) in [5.41, 5.74) is 2.00. The highest BCUT2D eigenvalue weighted by Crippen LogP contribution is 2.39. The van der Waals surface area contributed by atoms with Gasteiger partial charge in [0.05, 0.1) is 5.75 Å². The number of thioether (sulfide) groups is 1. The van der Waals surface area contributed by atoms with E-state index < -0.39 is 0 Å². The van der Waals surface area contributed by atoms with E-state index in [4.69, 9.17) is 27.9 Å². The minimum Gasteiger partial charge on any atom is -0.381 e. The Kier molecular flexibility index (Phi) is 7.10. The Morgan fingerprint density at radius 2 is 1.93 bits per heavy atom. The summed E-state index contributed by atoms with van der Waals surface area (Å²) >= 11 is 14.1. The van der Waals surface area contributed by atoms with Crippen molar-refractivity contribution in [1.82, 2.24) is 5.32 Å². The zero-order valence-corrected chi connectivity index (χ0v) is 17.6. The third kappa shape index (κ3) is 5.20. The molecule has 144 valence electrons. The average Bonchev–Trinajstić information content (AvgIpc) is 2.66. The molecule has 1 N–H and O–H groups in total. The molecule has 0 aliphatic carbocycles. The quantitative estimate of drug-likeness (QED) is 0.643. The number of carbonyl (C=O) groups is 1. The van der Waals surface area contributed by atoms with E-state index in [2.05, 4.69) is 18.3 Å². The van der Waals surface area contributed by atoms with Crippen molar-refractivity contribution in [3.05, 3.63) is 63.6 Å². The first-order valence-corrected chi connectivity index (χ1v) is 10.7. The highest BCUT2D eigenvalue weighted by atomic mass is 35.5. The van der Waals surface area contributed by atoms with E-state index in [1.807, 2.05) is 30.3 Å². The number of halogens is 2. The first-order valence-electron chi connectivity index (χ1n) is 8.99. The Hall–Kier alpha value is -1.20. The molecule has 27 heavy (non-hydrogen) atoms. The van der Waals surface area contributed by atoms with Gasteiger partial charge in [-0.15, -0.1) is 11.8 Å². The van der Waals surface area contributed by atoms with Gasteiger partial charge in [-0.2, -0.15) is 0 Å². The number of ether oxygens (including phenoxy) is 1. The van der Waals surface area contributed by atoms with E-state index in [-0.39, 0.29) is 11.3 Å². The first-order chi connectivity index (χ1) is 13.0. The van der Waals surface area contributed by atoms with Crippen LogP contribution in [0.4, 0.5) is 0 Å². The van der Waals surface area contributed by atoms with Crippen molar-refractivity contribution in [1.29, 1.82) is 0 Å². The van der Waals surface area contributed by atoms with Crippen molar-refractivity contribution in [2.45, 2.75) is 30.1 Å². The summed E-state index contributed by atoms with van der Waals surface area (Å²) in [6.07, 6.45) is 1.64. The molecule has 2 aromatic carbocycles. The number of nitrogens with one attached hydrogen (secondary N) is 1. The lowest BCUT2D eigenvalue weighted by molar-refractivity contribution is -0.119. The van der Waals surface area contributed by atoms with Crippen LogP contribution < -0.4 is 5.32 Å².